The maximum atomic E-state index is 5.53. The summed E-state index contributed by atoms with van der Waals surface area (Å²) >= 11 is 0. The van der Waals surface area contributed by atoms with Gasteiger partial charge in [0.15, 0.2) is 0 Å². The number of hydroxylamine groups is 1. The summed E-state index contributed by atoms with van der Waals surface area (Å²) in [5.74, 6) is 1.42. The molecule has 0 amide bonds. The second-order valence-corrected chi connectivity index (χ2v) is 6.43. The Kier molecular flexibility index (Phi) is 4.60. The van der Waals surface area contributed by atoms with Gasteiger partial charge in [-0.25, -0.2) is 0 Å². The highest BCUT2D eigenvalue weighted by atomic mass is 16.6. The summed E-state index contributed by atoms with van der Waals surface area (Å²) in [6, 6.07) is 0.544. The standard InChI is InChI=1S/C13H27NO/c1-10(2)9-15-14-12-6-11(3)7-13(4,5)8-12/h10-12,14H,6-9H2,1-5H3. The van der Waals surface area contributed by atoms with Crippen LogP contribution in [0.5, 0.6) is 0 Å². The van der Waals surface area contributed by atoms with Gasteiger partial charge in [0.05, 0.1) is 6.61 Å². The second kappa shape index (κ2) is 5.31. The first kappa shape index (κ1) is 13.0. The topological polar surface area (TPSA) is 21.3 Å². The highest BCUT2D eigenvalue weighted by Crippen LogP contribution is 2.38. The van der Waals surface area contributed by atoms with Gasteiger partial charge >= 0.3 is 0 Å². The van der Waals surface area contributed by atoms with Gasteiger partial charge in [-0.2, -0.15) is 5.48 Å². The fourth-order valence-corrected chi connectivity index (χ4v) is 2.77. The lowest BCUT2D eigenvalue weighted by molar-refractivity contribution is -0.0263. The fourth-order valence-electron chi connectivity index (χ4n) is 2.77. The summed E-state index contributed by atoms with van der Waals surface area (Å²) in [5, 5.41) is 0. The SMILES string of the molecule is CC(C)CONC1CC(C)CC(C)(C)C1. The molecule has 2 unspecified atom stereocenters. The molecular weight excluding hydrogens is 186 g/mol. The van der Waals surface area contributed by atoms with Gasteiger partial charge in [-0.3, -0.25) is 0 Å². The average molecular weight is 213 g/mol. The molecule has 1 fully saturated rings. The molecule has 0 bridgehead atoms. The predicted octanol–water partition coefficient (Wildman–Crippen LogP) is 3.38. The van der Waals surface area contributed by atoms with Gasteiger partial charge < -0.3 is 4.84 Å². The summed E-state index contributed by atoms with van der Waals surface area (Å²) in [6.45, 7) is 12.2. The van der Waals surface area contributed by atoms with E-state index in [1.165, 1.54) is 19.3 Å². The molecule has 1 aliphatic rings. The molecule has 0 radical (unpaired) electrons. The van der Waals surface area contributed by atoms with Crippen LogP contribution in [0.4, 0.5) is 0 Å². The molecule has 1 N–H and O–H groups in total. The third-order valence-corrected chi connectivity index (χ3v) is 3.05. The minimum Gasteiger partial charge on any atom is -0.301 e. The van der Waals surface area contributed by atoms with E-state index in [4.69, 9.17) is 4.84 Å². The molecule has 2 atom stereocenters. The zero-order valence-electron chi connectivity index (χ0n) is 11.0. The lowest BCUT2D eigenvalue weighted by Gasteiger charge is -2.39. The van der Waals surface area contributed by atoms with E-state index in [0.717, 1.165) is 12.5 Å². The maximum Gasteiger partial charge on any atom is 0.0705 e. The number of hydrogen-bond donors (Lipinski definition) is 1. The van der Waals surface area contributed by atoms with Crippen molar-refractivity contribution < 1.29 is 4.84 Å². The van der Waals surface area contributed by atoms with Crippen molar-refractivity contribution in [2.45, 2.75) is 59.9 Å². The number of rotatable bonds is 4. The van der Waals surface area contributed by atoms with Crippen LogP contribution >= 0.6 is 0 Å². The number of hydrogen-bond acceptors (Lipinski definition) is 2. The van der Waals surface area contributed by atoms with Crippen molar-refractivity contribution in [3.8, 4) is 0 Å². The van der Waals surface area contributed by atoms with E-state index in [1.54, 1.807) is 0 Å². The van der Waals surface area contributed by atoms with Crippen LogP contribution in [0.1, 0.15) is 53.9 Å². The van der Waals surface area contributed by atoms with Crippen LogP contribution in [0.3, 0.4) is 0 Å². The Hall–Kier alpha value is -0.0800. The van der Waals surface area contributed by atoms with Crippen molar-refractivity contribution in [1.82, 2.24) is 5.48 Å². The molecular formula is C13H27NO. The van der Waals surface area contributed by atoms with E-state index in [1.807, 2.05) is 0 Å². The number of nitrogens with one attached hydrogen (secondary N) is 1. The normalized spacial score (nSPS) is 30.8. The highest BCUT2D eigenvalue weighted by Gasteiger charge is 2.31. The molecule has 90 valence electrons. The van der Waals surface area contributed by atoms with Gasteiger partial charge in [-0.15, -0.1) is 0 Å². The molecule has 2 nitrogen and oxygen atoms in total. The van der Waals surface area contributed by atoms with E-state index in [0.29, 0.717) is 17.4 Å². The lowest BCUT2D eigenvalue weighted by Crippen LogP contribution is -2.40. The van der Waals surface area contributed by atoms with E-state index < -0.39 is 0 Å². The van der Waals surface area contributed by atoms with E-state index >= 15 is 0 Å². The molecule has 1 aliphatic carbocycles. The van der Waals surface area contributed by atoms with Crippen molar-refractivity contribution in [2.24, 2.45) is 17.3 Å². The molecule has 0 saturated heterocycles. The molecule has 1 rings (SSSR count). The molecule has 2 heteroatoms. The van der Waals surface area contributed by atoms with E-state index in [9.17, 15) is 0 Å². The Morgan fingerprint density at radius 2 is 2.00 bits per heavy atom. The summed E-state index contributed by atoms with van der Waals surface area (Å²) in [4.78, 5) is 5.53. The third-order valence-electron chi connectivity index (χ3n) is 3.05. The van der Waals surface area contributed by atoms with Crippen LogP contribution in [0.15, 0.2) is 0 Å². The second-order valence-electron chi connectivity index (χ2n) is 6.43. The van der Waals surface area contributed by atoms with Crippen LogP contribution in [0, 0.1) is 17.3 Å². The van der Waals surface area contributed by atoms with Gasteiger partial charge in [-0.1, -0.05) is 34.6 Å². The van der Waals surface area contributed by atoms with Crippen LogP contribution in [0.2, 0.25) is 0 Å². The van der Waals surface area contributed by atoms with Crippen molar-refractivity contribution >= 4 is 0 Å². The molecule has 1 saturated carbocycles. The minimum absolute atomic E-state index is 0.469. The van der Waals surface area contributed by atoms with Gasteiger partial charge in [-0.05, 0) is 36.5 Å². The smallest absolute Gasteiger partial charge is 0.0705 e. The largest absolute Gasteiger partial charge is 0.301 e. The van der Waals surface area contributed by atoms with Crippen LogP contribution in [0.25, 0.3) is 0 Å². The van der Waals surface area contributed by atoms with Crippen molar-refractivity contribution in [3.63, 3.8) is 0 Å². The molecule has 0 aromatic carbocycles. The zero-order chi connectivity index (χ0) is 11.5. The molecule has 0 aromatic heterocycles. The quantitative estimate of drug-likeness (QED) is 0.723. The van der Waals surface area contributed by atoms with Crippen LogP contribution < -0.4 is 5.48 Å². The maximum absolute atomic E-state index is 5.53. The zero-order valence-corrected chi connectivity index (χ0v) is 11.0. The minimum atomic E-state index is 0.469. The Morgan fingerprint density at radius 1 is 1.33 bits per heavy atom. The van der Waals surface area contributed by atoms with E-state index in [-0.39, 0.29) is 0 Å². The first-order valence-corrected chi connectivity index (χ1v) is 6.26. The summed E-state index contributed by atoms with van der Waals surface area (Å²) in [7, 11) is 0. The lowest BCUT2D eigenvalue weighted by atomic mass is 9.71. The van der Waals surface area contributed by atoms with Gasteiger partial charge in [0, 0.05) is 6.04 Å². The van der Waals surface area contributed by atoms with Gasteiger partial charge in [0.1, 0.15) is 0 Å². The van der Waals surface area contributed by atoms with Gasteiger partial charge in [0.2, 0.25) is 0 Å². The molecule has 0 spiro atoms. The molecule has 0 aromatic rings. The fraction of sp³-hybridized carbons (Fsp3) is 1.00. The predicted molar refractivity (Wildman–Crippen MR) is 64.5 cm³/mol. The first-order chi connectivity index (χ1) is 6.89. The Morgan fingerprint density at radius 3 is 2.53 bits per heavy atom. The van der Waals surface area contributed by atoms with Crippen LogP contribution in [-0.4, -0.2) is 12.6 Å². The summed E-state index contributed by atoms with van der Waals surface area (Å²) in [6.07, 6.45) is 3.83. The Bertz CT molecular complexity index is 189. The van der Waals surface area contributed by atoms with Crippen molar-refractivity contribution in [3.05, 3.63) is 0 Å². The van der Waals surface area contributed by atoms with Crippen LogP contribution in [-0.2, 0) is 4.84 Å². The van der Waals surface area contributed by atoms with E-state index in [2.05, 4.69) is 40.1 Å². The average Bonchev–Trinajstić information content (AvgIpc) is 1.98. The highest BCUT2D eigenvalue weighted by molar-refractivity contribution is 4.85. The molecule has 0 heterocycles. The van der Waals surface area contributed by atoms with Crippen molar-refractivity contribution in [2.75, 3.05) is 6.61 Å². The molecule has 0 aliphatic heterocycles. The third kappa shape index (κ3) is 4.98. The summed E-state index contributed by atoms with van der Waals surface area (Å²) < 4.78 is 0. The van der Waals surface area contributed by atoms with Crippen molar-refractivity contribution in [1.29, 1.82) is 0 Å². The molecule has 15 heavy (non-hydrogen) atoms. The Labute approximate surface area is 94.7 Å². The first-order valence-electron chi connectivity index (χ1n) is 6.26. The Balaban J connectivity index is 2.29. The van der Waals surface area contributed by atoms with Gasteiger partial charge in [0.25, 0.3) is 0 Å². The monoisotopic (exact) mass is 213 g/mol. The summed E-state index contributed by atoms with van der Waals surface area (Å²) in [5.41, 5.74) is 3.71.